The van der Waals surface area contributed by atoms with Crippen molar-refractivity contribution in [3.63, 3.8) is 0 Å². The molecule has 1 fully saturated rings. The maximum Gasteiger partial charge on any atom is 0.321 e. The number of thioether (sulfide) groups is 1. The summed E-state index contributed by atoms with van der Waals surface area (Å²) in [4.78, 5) is 18.9. The molecule has 3 rings (SSSR count). The first-order valence-electron chi connectivity index (χ1n) is 11.3. The minimum atomic E-state index is -0.768. The zero-order valence-electron chi connectivity index (χ0n) is 19.9. The zero-order chi connectivity index (χ0) is 24.1. The molecular weight excluding hydrogens is 436 g/mol. The molecular formula is C26H34N2O4S. The van der Waals surface area contributed by atoms with E-state index in [1.807, 2.05) is 87.2 Å². The number of aryl methyl sites for hydroxylation is 1. The highest BCUT2D eigenvalue weighted by atomic mass is 32.2. The average Bonchev–Trinajstić information content (AvgIpc) is 3.29. The Morgan fingerprint density at radius 2 is 2.00 bits per heavy atom. The third kappa shape index (κ3) is 8.94. The molecule has 0 bridgehead atoms. The molecule has 1 atom stereocenters. The number of ether oxygens (including phenoxy) is 1. The van der Waals surface area contributed by atoms with Crippen LogP contribution in [0.1, 0.15) is 43.9 Å². The molecule has 2 aromatic rings. The Labute approximate surface area is 201 Å². The summed E-state index contributed by atoms with van der Waals surface area (Å²) in [5.74, 6) is 1.92. The molecule has 0 amide bonds. The SMILES string of the molecule is CC.CC/C=C(/COc1cccc(CN2CSC[C@H]2C(=O)O)c1)O/N=C/c1ccc(C)cc1. The molecule has 0 radical (unpaired) electrons. The molecule has 0 saturated carbocycles. The van der Waals surface area contributed by atoms with E-state index in [0.29, 0.717) is 23.8 Å². The molecule has 0 aliphatic carbocycles. The molecule has 0 unspecified atom stereocenters. The summed E-state index contributed by atoms with van der Waals surface area (Å²) in [6, 6.07) is 15.3. The second-order valence-electron chi connectivity index (χ2n) is 7.35. The molecule has 0 spiro atoms. The number of allylic oxidation sites excluding steroid dienone is 1. The number of carboxylic acid groups (broad SMARTS) is 1. The predicted molar refractivity (Wildman–Crippen MR) is 136 cm³/mol. The van der Waals surface area contributed by atoms with Crippen molar-refractivity contribution in [2.75, 3.05) is 18.2 Å². The van der Waals surface area contributed by atoms with Crippen LogP contribution in [0.25, 0.3) is 0 Å². The molecule has 7 heteroatoms. The quantitative estimate of drug-likeness (QED) is 0.273. The Kier molecular flexibility index (Phi) is 11.6. The van der Waals surface area contributed by atoms with Crippen LogP contribution in [0.3, 0.4) is 0 Å². The van der Waals surface area contributed by atoms with Crippen LogP contribution in [0, 0.1) is 6.92 Å². The van der Waals surface area contributed by atoms with Gasteiger partial charge >= 0.3 is 5.97 Å². The predicted octanol–water partition coefficient (Wildman–Crippen LogP) is 5.70. The average molecular weight is 471 g/mol. The minimum Gasteiger partial charge on any atom is -0.486 e. The van der Waals surface area contributed by atoms with Gasteiger partial charge < -0.3 is 14.7 Å². The highest BCUT2D eigenvalue weighted by Gasteiger charge is 2.30. The van der Waals surface area contributed by atoms with Crippen molar-refractivity contribution < 1.29 is 19.5 Å². The van der Waals surface area contributed by atoms with Gasteiger partial charge in [-0.05, 0) is 42.7 Å². The molecule has 2 aromatic carbocycles. The number of hydrogen-bond acceptors (Lipinski definition) is 6. The smallest absolute Gasteiger partial charge is 0.321 e. The lowest BCUT2D eigenvalue weighted by Crippen LogP contribution is -2.37. The first kappa shape index (κ1) is 26.5. The van der Waals surface area contributed by atoms with E-state index in [4.69, 9.17) is 9.57 Å². The standard InChI is InChI=1S/C24H28N2O4S.C2H6/c1-3-5-22(30-25-13-19-10-8-18(2)9-11-19)15-29-21-7-4-6-20(12-21)14-26-17-31-16-23(26)24(27)28;1-2/h4-13,23H,3,14-17H2,1-2H3,(H,27,28);1-2H3/b22-5-,25-13+;/t23-;/m0./s1. The normalized spacial score (nSPS) is 16.4. The number of rotatable bonds is 10. The van der Waals surface area contributed by atoms with Crippen molar-refractivity contribution in [1.29, 1.82) is 0 Å². The van der Waals surface area contributed by atoms with Crippen LogP contribution in [0.2, 0.25) is 0 Å². The van der Waals surface area contributed by atoms with Crippen LogP contribution in [-0.2, 0) is 16.2 Å². The van der Waals surface area contributed by atoms with E-state index in [0.717, 1.165) is 23.4 Å². The van der Waals surface area contributed by atoms with Crippen molar-refractivity contribution in [2.45, 2.75) is 46.7 Å². The summed E-state index contributed by atoms with van der Waals surface area (Å²) in [6.07, 6.45) is 4.42. The minimum absolute atomic E-state index is 0.264. The third-order valence-electron chi connectivity index (χ3n) is 4.80. The molecule has 178 valence electrons. The first-order chi connectivity index (χ1) is 16.0. The highest BCUT2D eigenvalue weighted by Crippen LogP contribution is 2.24. The summed E-state index contributed by atoms with van der Waals surface area (Å²) in [5, 5.41) is 13.4. The fourth-order valence-electron chi connectivity index (χ4n) is 3.14. The van der Waals surface area contributed by atoms with Crippen molar-refractivity contribution in [3.05, 3.63) is 77.1 Å². The molecule has 6 nitrogen and oxygen atoms in total. The highest BCUT2D eigenvalue weighted by molar-refractivity contribution is 7.99. The van der Waals surface area contributed by atoms with Gasteiger partial charge in [-0.3, -0.25) is 9.69 Å². The van der Waals surface area contributed by atoms with Gasteiger partial charge in [0.25, 0.3) is 0 Å². The van der Waals surface area contributed by atoms with Crippen LogP contribution >= 0.6 is 11.8 Å². The molecule has 1 N–H and O–H groups in total. The van der Waals surface area contributed by atoms with E-state index in [-0.39, 0.29) is 6.61 Å². The van der Waals surface area contributed by atoms with E-state index in [1.165, 1.54) is 5.56 Å². The van der Waals surface area contributed by atoms with Crippen LogP contribution < -0.4 is 4.74 Å². The van der Waals surface area contributed by atoms with Gasteiger partial charge in [0.15, 0.2) is 5.76 Å². The Morgan fingerprint density at radius 3 is 2.70 bits per heavy atom. The zero-order valence-corrected chi connectivity index (χ0v) is 20.7. The second-order valence-corrected chi connectivity index (χ2v) is 8.35. The fourth-order valence-corrected chi connectivity index (χ4v) is 4.33. The fraction of sp³-hybridized carbons (Fsp3) is 0.385. The van der Waals surface area contributed by atoms with Gasteiger partial charge in [0.05, 0.1) is 6.21 Å². The van der Waals surface area contributed by atoms with Gasteiger partial charge in [-0.1, -0.05) is 67.9 Å². The third-order valence-corrected chi connectivity index (χ3v) is 5.87. The number of carbonyl (C=O) groups is 1. The van der Waals surface area contributed by atoms with Crippen molar-refractivity contribution in [3.8, 4) is 5.75 Å². The second kappa shape index (κ2) is 14.4. The maximum absolute atomic E-state index is 11.4. The van der Waals surface area contributed by atoms with Gasteiger partial charge in [-0.2, -0.15) is 0 Å². The van der Waals surface area contributed by atoms with E-state index in [2.05, 4.69) is 5.16 Å². The van der Waals surface area contributed by atoms with Crippen molar-refractivity contribution in [1.82, 2.24) is 4.90 Å². The molecule has 1 aliphatic heterocycles. The van der Waals surface area contributed by atoms with Gasteiger partial charge in [-0.25, -0.2) is 0 Å². The first-order valence-corrected chi connectivity index (χ1v) is 12.4. The number of benzene rings is 2. The van der Waals surface area contributed by atoms with E-state index in [9.17, 15) is 9.90 Å². The largest absolute Gasteiger partial charge is 0.486 e. The number of aliphatic carboxylic acids is 1. The van der Waals surface area contributed by atoms with Crippen LogP contribution in [-0.4, -0.2) is 46.5 Å². The van der Waals surface area contributed by atoms with E-state index < -0.39 is 12.0 Å². The van der Waals surface area contributed by atoms with Crippen molar-refractivity contribution in [2.24, 2.45) is 5.16 Å². The number of carboxylic acids is 1. The summed E-state index contributed by atoms with van der Waals surface area (Å²) >= 11 is 1.64. The van der Waals surface area contributed by atoms with Crippen LogP contribution in [0.5, 0.6) is 5.75 Å². The summed E-state index contributed by atoms with van der Waals surface area (Å²) in [5.41, 5.74) is 3.18. The molecule has 0 aromatic heterocycles. The lowest BCUT2D eigenvalue weighted by Gasteiger charge is -2.20. The summed E-state index contributed by atoms with van der Waals surface area (Å²) in [7, 11) is 0. The molecule has 1 aliphatic rings. The Morgan fingerprint density at radius 1 is 1.24 bits per heavy atom. The number of hydrogen-bond donors (Lipinski definition) is 1. The summed E-state index contributed by atoms with van der Waals surface area (Å²) in [6.45, 7) is 8.91. The molecule has 33 heavy (non-hydrogen) atoms. The number of nitrogens with zero attached hydrogens (tertiary/aromatic N) is 2. The Hall–Kier alpha value is -2.77. The van der Waals surface area contributed by atoms with Crippen LogP contribution in [0.4, 0.5) is 0 Å². The summed E-state index contributed by atoms with van der Waals surface area (Å²) < 4.78 is 5.91. The van der Waals surface area contributed by atoms with Gasteiger partial charge in [0.1, 0.15) is 18.4 Å². The lowest BCUT2D eigenvalue weighted by atomic mass is 10.2. The Balaban J connectivity index is 0.00000187. The lowest BCUT2D eigenvalue weighted by molar-refractivity contribution is -0.141. The molecule has 1 heterocycles. The monoisotopic (exact) mass is 470 g/mol. The van der Waals surface area contributed by atoms with Gasteiger partial charge in [0.2, 0.25) is 0 Å². The van der Waals surface area contributed by atoms with E-state index in [1.54, 1.807) is 18.0 Å². The Bertz CT molecular complexity index is 928. The topological polar surface area (TPSA) is 71.4 Å². The van der Waals surface area contributed by atoms with E-state index >= 15 is 0 Å². The van der Waals surface area contributed by atoms with Gasteiger partial charge in [0, 0.05) is 18.2 Å². The number of oxime groups is 1. The van der Waals surface area contributed by atoms with Gasteiger partial charge in [-0.15, -0.1) is 11.8 Å². The molecule has 1 saturated heterocycles. The maximum atomic E-state index is 11.4. The van der Waals surface area contributed by atoms with Crippen LogP contribution in [0.15, 0.2) is 65.5 Å². The van der Waals surface area contributed by atoms with Crippen molar-refractivity contribution >= 4 is 23.9 Å².